The quantitative estimate of drug-likeness (QED) is 0.932. The summed E-state index contributed by atoms with van der Waals surface area (Å²) in [6.45, 7) is 0.408. The summed E-state index contributed by atoms with van der Waals surface area (Å²) in [6.07, 6.45) is 0. The Morgan fingerprint density at radius 2 is 1.68 bits per heavy atom. The van der Waals surface area contributed by atoms with Crippen LogP contribution in [0.25, 0.3) is 0 Å². The van der Waals surface area contributed by atoms with E-state index in [0.717, 1.165) is 5.56 Å². The van der Waals surface area contributed by atoms with Gasteiger partial charge in [0.05, 0.1) is 10.5 Å². The molecule has 4 nitrogen and oxygen atoms in total. The molecule has 0 saturated heterocycles. The second-order valence-electron chi connectivity index (χ2n) is 4.23. The first kappa shape index (κ1) is 12.1. The normalized spacial score (nSPS) is 20.9. The summed E-state index contributed by atoms with van der Waals surface area (Å²) in [5, 5.41) is 0. The van der Waals surface area contributed by atoms with E-state index in [1.165, 1.54) is 0 Å². The van der Waals surface area contributed by atoms with Gasteiger partial charge in [0.2, 0.25) is 0 Å². The van der Waals surface area contributed by atoms with Gasteiger partial charge in [-0.25, -0.2) is 8.93 Å². The number of nitrogens with zero attached hydrogens (tertiary/aromatic N) is 1. The lowest BCUT2D eigenvalue weighted by atomic mass is 10.2. The average molecular weight is 272 g/mol. The van der Waals surface area contributed by atoms with Crippen LogP contribution in [-0.2, 0) is 16.5 Å². The molecular formula is C14H12N2O2S. The Morgan fingerprint density at radius 1 is 1.00 bits per heavy atom. The number of hydrogen-bond acceptors (Lipinski definition) is 2. The molecule has 0 aromatic heterocycles. The molecule has 2 aromatic carbocycles. The average Bonchev–Trinajstić information content (AvgIpc) is 2.71. The standard InChI is InChI=1S/C14H12N2O2S/c17-14-12-8-4-5-9-13(12)19(18,16-14)15-10-11-6-2-1-3-7-11/h1-9H,10H2,(H,15,16,17,18). The third-order valence-electron chi connectivity index (χ3n) is 2.94. The van der Waals surface area contributed by atoms with Crippen molar-refractivity contribution in [1.29, 1.82) is 0 Å². The highest BCUT2D eigenvalue weighted by Gasteiger charge is 2.28. The monoisotopic (exact) mass is 272 g/mol. The van der Waals surface area contributed by atoms with Gasteiger partial charge in [-0.15, -0.1) is 4.36 Å². The van der Waals surface area contributed by atoms with Crippen LogP contribution >= 0.6 is 0 Å². The number of carbonyl (C=O) groups is 1. The first-order chi connectivity index (χ1) is 9.19. The van der Waals surface area contributed by atoms with Crippen LogP contribution in [-0.4, -0.2) is 10.1 Å². The van der Waals surface area contributed by atoms with Crippen LogP contribution in [0, 0.1) is 0 Å². The maximum absolute atomic E-state index is 12.7. The molecule has 96 valence electrons. The Balaban J connectivity index is 1.91. The molecule has 0 radical (unpaired) electrons. The van der Waals surface area contributed by atoms with Crippen LogP contribution in [0.2, 0.25) is 0 Å². The number of rotatable bonds is 3. The van der Waals surface area contributed by atoms with E-state index >= 15 is 0 Å². The van der Waals surface area contributed by atoms with Crippen LogP contribution in [0.4, 0.5) is 0 Å². The molecule has 0 bridgehead atoms. The van der Waals surface area contributed by atoms with Crippen LogP contribution in [0.1, 0.15) is 15.9 Å². The highest BCUT2D eigenvalue weighted by Crippen LogP contribution is 2.25. The Morgan fingerprint density at radius 3 is 2.47 bits per heavy atom. The first-order valence-electron chi connectivity index (χ1n) is 5.88. The third kappa shape index (κ3) is 2.18. The Kier molecular flexibility index (Phi) is 2.93. The van der Waals surface area contributed by atoms with Gasteiger partial charge >= 0.3 is 0 Å². The minimum Gasteiger partial charge on any atom is -0.266 e. The van der Waals surface area contributed by atoms with E-state index in [0.29, 0.717) is 17.0 Å². The molecule has 1 N–H and O–H groups in total. The van der Waals surface area contributed by atoms with Crippen molar-refractivity contribution in [1.82, 2.24) is 4.72 Å². The van der Waals surface area contributed by atoms with E-state index in [1.54, 1.807) is 24.3 Å². The Bertz CT molecular complexity index is 747. The molecule has 0 spiro atoms. The topological polar surface area (TPSA) is 58.5 Å². The van der Waals surface area contributed by atoms with Crippen molar-refractivity contribution in [3.63, 3.8) is 0 Å². The number of nitrogens with one attached hydrogen (secondary N) is 1. The van der Waals surface area contributed by atoms with Gasteiger partial charge in [0.1, 0.15) is 9.92 Å². The summed E-state index contributed by atoms with van der Waals surface area (Å²) in [4.78, 5) is 12.2. The molecule has 0 aliphatic carbocycles. The van der Waals surface area contributed by atoms with Gasteiger partial charge in [-0.05, 0) is 17.7 Å². The number of carbonyl (C=O) groups excluding carboxylic acids is 1. The zero-order chi connectivity index (χ0) is 13.3. The number of benzene rings is 2. The SMILES string of the molecule is O=C1N=S(=O)(NCc2ccccc2)c2ccccc21. The van der Waals surface area contributed by atoms with Crippen molar-refractivity contribution >= 4 is 15.8 Å². The summed E-state index contributed by atoms with van der Waals surface area (Å²) < 4.78 is 19.4. The highest BCUT2D eigenvalue weighted by atomic mass is 32.2. The Labute approximate surface area is 111 Å². The maximum Gasteiger partial charge on any atom is 0.287 e. The van der Waals surface area contributed by atoms with Crippen molar-refractivity contribution in [2.24, 2.45) is 4.36 Å². The molecule has 19 heavy (non-hydrogen) atoms. The van der Waals surface area contributed by atoms with E-state index in [9.17, 15) is 9.00 Å². The second kappa shape index (κ2) is 4.60. The molecule has 0 saturated carbocycles. The molecule has 1 atom stereocenters. The molecule has 2 aromatic rings. The number of hydrogen-bond donors (Lipinski definition) is 1. The maximum atomic E-state index is 12.7. The molecular weight excluding hydrogens is 260 g/mol. The first-order valence-corrected chi connectivity index (χ1v) is 7.40. The van der Waals surface area contributed by atoms with Gasteiger partial charge in [-0.2, -0.15) is 0 Å². The van der Waals surface area contributed by atoms with Crippen molar-refractivity contribution < 1.29 is 9.00 Å². The molecule has 1 aliphatic heterocycles. The van der Waals surface area contributed by atoms with Gasteiger partial charge in [0.15, 0.2) is 0 Å². The summed E-state index contributed by atoms with van der Waals surface area (Å²) in [5.74, 6) is -0.416. The van der Waals surface area contributed by atoms with Gasteiger partial charge in [0.25, 0.3) is 5.91 Å². The van der Waals surface area contributed by atoms with Crippen molar-refractivity contribution in [2.45, 2.75) is 11.4 Å². The predicted octanol–water partition coefficient (Wildman–Crippen LogP) is 2.37. The summed E-state index contributed by atoms with van der Waals surface area (Å²) in [6, 6.07) is 16.4. The smallest absolute Gasteiger partial charge is 0.266 e. The molecule has 3 rings (SSSR count). The third-order valence-corrected chi connectivity index (χ3v) is 4.85. The lowest BCUT2D eigenvalue weighted by Gasteiger charge is -2.08. The zero-order valence-electron chi connectivity index (χ0n) is 10.1. The van der Waals surface area contributed by atoms with Crippen LogP contribution < -0.4 is 4.72 Å². The fourth-order valence-corrected chi connectivity index (χ4v) is 3.72. The molecule has 0 fully saturated rings. The van der Waals surface area contributed by atoms with Gasteiger partial charge in [-0.3, -0.25) is 4.79 Å². The van der Waals surface area contributed by atoms with Crippen molar-refractivity contribution in [3.8, 4) is 0 Å². The summed E-state index contributed by atoms with van der Waals surface area (Å²) in [7, 11) is -2.83. The molecule has 1 amide bonds. The number of fused-ring (bicyclic) bond motifs is 1. The largest absolute Gasteiger partial charge is 0.287 e. The predicted molar refractivity (Wildman–Crippen MR) is 72.9 cm³/mol. The minimum absolute atomic E-state index is 0.408. The molecule has 5 heteroatoms. The lowest BCUT2D eigenvalue weighted by molar-refractivity contribution is 0.101. The summed E-state index contributed by atoms with van der Waals surface area (Å²) >= 11 is 0. The van der Waals surface area contributed by atoms with E-state index in [1.807, 2.05) is 30.3 Å². The molecule has 1 unspecified atom stereocenters. The second-order valence-corrected chi connectivity index (χ2v) is 6.19. The van der Waals surface area contributed by atoms with Gasteiger partial charge < -0.3 is 0 Å². The molecule has 1 aliphatic rings. The fraction of sp³-hybridized carbons (Fsp3) is 0.0714. The van der Waals surface area contributed by atoms with Crippen molar-refractivity contribution in [3.05, 3.63) is 65.7 Å². The lowest BCUT2D eigenvalue weighted by Crippen LogP contribution is -2.21. The highest BCUT2D eigenvalue weighted by molar-refractivity contribution is 7.92. The van der Waals surface area contributed by atoms with Crippen LogP contribution in [0.3, 0.4) is 0 Å². The van der Waals surface area contributed by atoms with Crippen LogP contribution in [0.5, 0.6) is 0 Å². The fourth-order valence-electron chi connectivity index (χ4n) is 1.99. The zero-order valence-corrected chi connectivity index (χ0v) is 10.9. The van der Waals surface area contributed by atoms with Gasteiger partial charge in [-0.1, -0.05) is 42.5 Å². The van der Waals surface area contributed by atoms with E-state index in [2.05, 4.69) is 9.08 Å². The van der Waals surface area contributed by atoms with E-state index < -0.39 is 15.8 Å². The van der Waals surface area contributed by atoms with E-state index in [4.69, 9.17) is 0 Å². The Hall–Kier alpha value is -1.98. The molecule has 1 heterocycles. The minimum atomic E-state index is -2.83. The van der Waals surface area contributed by atoms with Crippen molar-refractivity contribution in [2.75, 3.05) is 0 Å². The number of amides is 1. The van der Waals surface area contributed by atoms with Gasteiger partial charge in [0, 0.05) is 6.54 Å². The van der Waals surface area contributed by atoms with Crippen LogP contribution in [0.15, 0.2) is 63.9 Å². The summed E-state index contributed by atoms with van der Waals surface area (Å²) in [5.41, 5.74) is 1.42. The van der Waals surface area contributed by atoms with E-state index in [-0.39, 0.29) is 0 Å².